The lowest BCUT2D eigenvalue weighted by atomic mass is 10.1. The molecule has 5 heterocycles. The topological polar surface area (TPSA) is 108 Å². The molecule has 1 saturated carbocycles. The predicted molar refractivity (Wildman–Crippen MR) is 191 cm³/mol. The van der Waals surface area contributed by atoms with Crippen molar-refractivity contribution in [2.45, 2.75) is 73.8 Å². The fraction of sp³-hybridized carbons (Fsp3) is 0.514. The normalized spacial score (nSPS) is 14.0. The van der Waals surface area contributed by atoms with Crippen LogP contribution in [-0.2, 0) is 4.79 Å². The van der Waals surface area contributed by atoms with E-state index in [9.17, 15) is 9.59 Å². The van der Waals surface area contributed by atoms with Gasteiger partial charge in [-0.2, -0.15) is 5.10 Å². The number of carbonyl (C=O) groups excluding carboxylic acids is 2. The summed E-state index contributed by atoms with van der Waals surface area (Å²) in [5.74, 6) is 1.55. The number of rotatable bonds is 12. The number of aromatic nitrogens is 4. The van der Waals surface area contributed by atoms with E-state index in [4.69, 9.17) is 9.97 Å². The molecule has 46 heavy (non-hydrogen) atoms. The van der Waals surface area contributed by atoms with Gasteiger partial charge in [0.15, 0.2) is 5.65 Å². The van der Waals surface area contributed by atoms with E-state index < -0.39 is 0 Å². The SMILES string of the molecule is CC.CC.CCN(CC)C(C)CNC(=O)c1cc(-c2cnn3ccc(-c4cccs4)nc23)nc(N2CCC2)c1.O=CNCC1CC1. The van der Waals surface area contributed by atoms with Gasteiger partial charge in [0, 0.05) is 44.0 Å². The highest BCUT2D eigenvalue weighted by molar-refractivity contribution is 7.13. The van der Waals surface area contributed by atoms with E-state index in [-0.39, 0.29) is 11.9 Å². The third-order valence-corrected chi connectivity index (χ3v) is 8.75. The van der Waals surface area contributed by atoms with Crippen molar-refractivity contribution in [1.29, 1.82) is 0 Å². The van der Waals surface area contributed by atoms with Gasteiger partial charge in [-0.15, -0.1) is 11.3 Å². The van der Waals surface area contributed by atoms with Crippen LogP contribution >= 0.6 is 11.3 Å². The van der Waals surface area contributed by atoms with Gasteiger partial charge in [-0.25, -0.2) is 14.5 Å². The van der Waals surface area contributed by atoms with E-state index in [1.165, 1.54) is 12.8 Å². The van der Waals surface area contributed by atoms with Crippen LogP contribution in [0.15, 0.2) is 48.1 Å². The summed E-state index contributed by atoms with van der Waals surface area (Å²) >= 11 is 1.65. The molecule has 10 nitrogen and oxygen atoms in total. The molecule has 0 radical (unpaired) electrons. The number of nitrogens with zero attached hydrogens (tertiary/aromatic N) is 6. The third kappa shape index (κ3) is 9.83. The summed E-state index contributed by atoms with van der Waals surface area (Å²) in [4.78, 5) is 38.3. The Hall–Kier alpha value is -3.83. The highest BCUT2D eigenvalue weighted by atomic mass is 32.1. The van der Waals surface area contributed by atoms with E-state index in [0.717, 1.165) is 79.1 Å². The quantitative estimate of drug-likeness (QED) is 0.172. The molecule has 1 atom stereocenters. The number of pyridine rings is 1. The average molecular weight is 649 g/mol. The second-order valence-corrected chi connectivity index (χ2v) is 11.8. The maximum Gasteiger partial charge on any atom is 0.251 e. The Morgan fingerprint density at radius 3 is 2.41 bits per heavy atom. The van der Waals surface area contributed by atoms with Crippen molar-refractivity contribution in [3.8, 4) is 21.8 Å². The maximum atomic E-state index is 13.2. The van der Waals surface area contributed by atoms with Gasteiger partial charge in [-0.3, -0.25) is 14.5 Å². The minimum atomic E-state index is -0.0851. The molecule has 11 heteroatoms. The zero-order chi connectivity index (χ0) is 33.5. The van der Waals surface area contributed by atoms with Crippen LogP contribution in [0, 0.1) is 5.92 Å². The summed E-state index contributed by atoms with van der Waals surface area (Å²) in [5.41, 5.74) is 3.76. The van der Waals surface area contributed by atoms with Crippen LogP contribution in [-0.4, -0.2) is 82.1 Å². The highest BCUT2D eigenvalue weighted by Crippen LogP contribution is 2.30. The molecule has 0 bridgehead atoms. The smallest absolute Gasteiger partial charge is 0.251 e. The number of hydrogen-bond acceptors (Lipinski definition) is 8. The molecule has 1 unspecified atom stereocenters. The van der Waals surface area contributed by atoms with Crippen LogP contribution < -0.4 is 15.5 Å². The molecule has 1 aliphatic heterocycles. The summed E-state index contributed by atoms with van der Waals surface area (Å²) < 4.78 is 1.76. The van der Waals surface area contributed by atoms with Crippen LogP contribution in [0.2, 0.25) is 0 Å². The maximum absolute atomic E-state index is 13.2. The number of fused-ring (bicyclic) bond motifs is 1. The summed E-state index contributed by atoms with van der Waals surface area (Å²) in [7, 11) is 0. The van der Waals surface area contributed by atoms with E-state index >= 15 is 0 Å². The second kappa shape index (κ2) is 19.0. The predicted octanol–water partition coefficient (Wildman–Crippen LogP) is 6.38. The van der Waals surface area contributed by atoms with Gasteiger partial charge in [0.05, 0.1) is 28.0 Å². The molecule has 1 saturated heterocycles. The van der Waals surface area contributed by atoms with Crippen molar-refractivity contribution >= 4 is 35.1 Å². The molecule has 0 spiro atoms. The van der Waals surface area contributed by atoms with Crippen LogP contribution in [0.5, 0.6) is 0 Å². The fourth-order valence-electron chi connectivity index (χ4n) is 4.96. The molecule has 0 aromatic carbocycles. The van der Waals surface area contributed by atoms with Crippen molar-refractivity contribution in [3.63, 3.8) is 0 Å². The standard InChI is InChI=1S/C26H31N7OS.C5H9NO.2C2H6/c1-4-31(5-2)18(3)16-27-26(34)19-14-22(29-24(15-19)32-10-7-11-32)20-17-28-33-12-9-21(30-25(20)33)23-8-6-13-35-23;7-4-6-3-5-1-2-5;2*1-2/h6,8-9,12-15,17-18H,4-5,7,10-11,16H2,1-3H3,(H,27,34);4-5H,1-3H2,(H,6,7);2*1-2H3. The number of thiophene rings is 1. The molecule has 2 N–H and O–H groups in total. The molecule has 4 aromatic heterocycles. The Labute approximate surface area is 278 Å². The van der Waals surface area contributed by atoms with E-state index in [2.05, 4.69) is 52.4 Å². The van der Waals surface area contributed by atoms with Gasteiger partial charge in [0.2, 0.25) is 6.41 Å². The molecule has 250 valence electrons. The lowest BCUT2D eigenvalue weighted by molar-refractivity contribution is -0.109. The van der Waals surface area contributed by atoms with Crippen LogP contribution in [0.4, 0.5) is 5.82 Å². The van der Waals surface area contributed by atoms with Crippen LogP contribution in [0.1, 0.15) is 78.1 Å². The van der Waals surface area contributed by atoms with E-state index in [0.29, 0.717) is 17.8 Å². The van der Waals surface area contributed by atoms with Gasteiger partial charge in [0.25, 0.3) is 5.91 Å². The Balaban J connectivity index is 0.000000452. The van der Waals surface area contributed by atoms with Crippen molar-refractivity contribution in [2.75, 3.05) is 44.2 Å². The van der Waals surface area contributed by atoms with E-state index in [1.54, 1.807) is 22.0 Å². The summed E-state index contributed by atoms with van der Waals surface area (Å²) in [6.45, 7) is 19.7. The Morgan fingerprint density at radius 1 is 1.09 bits per heavy atom. The van der Waals surface area contributed by atoms with Crippen LogP contribution in [0.25, 0.3) is 27.5 Å². The zero-order valence-electron chi connectivity index (χ0n) is 28.6. The largest absolute Gasteiger partial charge is 0.358 e. The Morgan fingerprint density at radius 2 is 1.83 bits per heavy atom. The fourth-order valence-corrected chi connectivity index (χ4v) is 5.65. The van der Waals surface area contributed by atoms with Gasteiger partial charge < -0.3 is 15.5 Å². The summed E-state index contributed by atoms with van der Waals surface area (Å²) in [6, 6.07) is 10.1. The van der Waals surface area contributed by atoms with Gasteiger partial charge in [-0.1, -0.05) is 47.6 Å². The first-order chi connectivity index (χ1) is 22.5. The number of carbonyl (C=O) groups is 2. The lowest BCUT2D eigenvalue weighted by Gasteiger charge is -2.32. The van der Waals surface area contributed by atoms with Crippen molar-refractivity contribution in [2.24, 2.45) is 5.92 Å². The molecular formula is C35H52N8O2S. The van der Waals surface area contributed by atoms with E-state index in [1.807, 2.05) is 63.5 Å². The van der Waals surface area contributed by atoms with Gasteiger partial charge in [-0.05, 0) is 74.8 Å². The first-order valence-corrected chi connectivity index (χ1v) is 17.7. The number of likely N-dealkylation sites (N-methyl/N-ethyl adjacent to an activating group) is 1. The number of anilines is 1. The molecule has 1 aliphatic carbocycles. The summed E-state index contributed by atoms with van der Waals surface area (Å²) in [5, 5.41) is 12.3. The minimum absolute atomic E-state index is 0.0851. The number of nitrogens with one attached hydrogen (secondary N) is 2. The third-order valence-electron chi connectivity index (χ3n) is 7.85. The van der Waals surface area contributed by atoms with Crippen molar-refractivity contribution < 1.29 is 9.59 Å². The number of amides is 2. The van der Waals surface area contributed by atoms with Crippen LogP contribution in [0.3, 0.4) is 0 Å². The lowest BCUT2D eigenvalue weighted by Crippen LogP contribution is -2.42. The Bertz CT molecular complexity index is 1480. The first-order valence-electron chi connectivity index (χ1n) is 16.9. The highest BCUT2D eigenvalue weighted by Gasteiger charge is 2.22. The number of hydrogen-bond donors (Lipinski definition) is 2. The molecule has 2 aliphatic rings. The van der Waals surface area contributed by atoms with Crippen molar-refractivity contribution in [3.05, 3.63) is 53.7 Å². The Kier molecular flexibility index (Phi) is 15.1. The average Bonchev–Trinajstić information content (AvgIpc) is 3.54. The monoisotopic (exact) mass is 648 g/mol. The molecular weight excluding hydrogens is 597 g/mol. The molecule has 4 aromatic rings. The molecule has 6 rings (SSSR count). The zero-order valence-corrected chi connectivity index (χ0v) is 29.4. The second-order valence-electron chi connectivity index (χ2n) is 10.8. The minimum Gasteiger partial charge on any atom is -0.358 e. The molecule has 2 amide bonds. The first kappa shape index (κ1) is 36.6. The van der Waals surface area contributed by atoms with Crippen molar-refractivity contribution in [1.82, 2.24) is 35.1 Å². The van der Waals surface area contributed by atoms with Gasteiger partial charge in [0.1, 0.15) is 5.82 Å². The van der Waals surface area contributed by atoms with Gasteiger partial charge >= 0.3 is 0 Å². The molecule has 2 fully saturated rings. The summed E-state index contributed by atoms with van der Waals surface area (Å²) in [6.07, 6.45) is 8.21.